The number of nitrogens with zero attached hydrogens (tertiary/aromatic N) is 4. The highest BCUT2D eigenvalue weighted by Crippen LogP contribution is 2.35. The third-order valence-electron chi connectivity index (χ3n) is 5.53. The highest BCUT2D eigenvalue weighted by atomic mass is 35.5. The van der Waals surface area contributed by atoms with Crippen LogP contribution in [0.1, 0.15) is 25.7 Å². The molecule has 0 radical (unpaired) electrons. The summed E-state index contributed by atoms with van der Waals surface area (Å²) in [6, 6.07) is 5.99. The van der Waals surface area contributed by atoms with Gasteiger partial charge < -0.3 is 15.4 Å². The quantitative estimate of drug-likeness (QED) is 0.758. The standard InChI is InChI=1S/C18H23ClN6O2/c1-27-17-8-14(3-5-16(17)25-10-21-23-24-25)20-9-12-6-11-7-13(19)2-4-15(11)22-18(12)26/h3,5,8,10-13,15,20H,2,4,6-7,9H2,1H3,(H,22,26). The second-order valence-electron chi connectivity index (χ2n) is 7.24. The molecule has 0 bridgehead atoms. The molecule has 27 heavy (non-hydrogen) atoms. The minimum absolute atomic E-state index is 0.0570. The van der Waals surface area contributed by atoms with Crippen LogP contribution in [0.2, 0.25) is 0 Å². The lowest BCUT2D eigenvalue weighted by atomic mass is 9.75. The summed E-state index contributed by atoms with van der Waals surface area (Å²) in [5, 5.41) is 18.0. The van der Waals surface area contributed by atoms with Crippen LogP contribution in [0.5, 0.6) is 5.75 Å². The summed E-state index contributed by atoms with van der Waals surface area (Å²) in [6.07, 6.45) is 5.35. The van der Waals surface area contributed by atoms with Crippen LogP contribution in [0.25, 0.3) is 5.69 Å². The van der Waals surface area contributed by atoms with Crippen LogP contribution in [-0.4, -0.2) is 51.2 Å². The summed E-state index contributed by atoms with van der Waals surface area (Å²) < 4.78 is 7.00. The van der Waals surface area contributed by atoms with Crippen LogP contribution in [0.15, 0.2) is 24.5 Å². The molecule has 1 aliphatic carbocycles. The maximum Gasteiger partial charge on any atom is 0.225 e. The van der Waals surface area contributed by atoms with E-state index in [0.29, 0.717) is 24.3 Å². The maximum atomic E-state index is 12.5. The van der Waals surface area contributed by atoms with E-state index in [1.807, 2.05) is 18.2 Å². The molecule has 0 spiro atoms. The first kappa shape index (κ1) is 18.0. The number of alkyl halides is 1. The van der Waals surface area contributed by atoms with Gasteiger partial charge in [0.1, 0.15) is 17.8 Å². The Morgan fingerprint density at radius 2 is 2.26 bits per heavy atom. The number of benzene rings is 1. The Morgan fingerprint density at radius 1 is 1.37 bits per heavy atom. The Hall–Kier alpha value is -2.35. The van der Waals surface area contributed by atoms with Gasteiger partial charge in [-0.15, -0.1) is 16.7 Å². The number of fused-ring (bicyclic) bond motifs is 1. The fourth-order valence-corrected chi connectivity index (χ4v) is 4.45. The lowest BCUT2D eigenvalue weighted by molar-refractivity contribution is -0.129. The summed E-state index contributed by atoms with van der Waals surface area (Å²) in [7, 11) is 1.60. The second-order valence-corrected chi connectivity index (χ2v) is 7.86. The number of carbonyl (C=O) groups excluding carboxylic acids is 1. The average Bonchev–Trinajstić information content (AvgIpc) is 3.21. The lowest BCUT2D eigenvalue weighted by Crippen LogP contribution is -2.53. The van der Waals surface area contributed by atoms with Crippen LogP contribution in [0.3, 0.4) is 0 Å². The van der Waals surface area contributed by atoms with Gasteiger partial charge in [-0.2, -0.15) is 4.68 Å². The smallest absolute Gasteiger partial charge is 0.225 e. The molecule has 2 fully saturated rings. The van der Waals surface area contributed by atoms with Crippen molar-refractivity contribution in [2.75, 3.05) is 19.0 Å². The molecule has 1 saturated heterocycles. The van der Waals surface area contributed by atoms with Crippen LogP contribution in [0.4, 0.5) is 5.69 Å². The third kappa shape index (κ3) is 3.85. The number of piperidine rings is 1. The number of amides is 1. The fraction of sp³-hybridized carbons (Fsp3) is 0.556. The van der Waals surface area contributed by atoms with Crippen molar-refractivity contribution in [1.82, 2.24) is 25.5 Å². The van der Waals surface area contributed by atoms with Crippen LogP contribution in [0, 0.1) is 11.8 Å². The van der Waals surface area contributed by atoms with Gasteiger partial charge in [0, 0.05) is 29.7 Å². The molecule has 4 atom stereocenters. The first-order valence-electron chi connectivity index (χ1n) is 9.23. The molecule has 144 valence electrons. The number of rotatable bonds is 5. The van der Waals surface area contributed by atoms with Crippen molar-refractivity contribution in [3.05, 3.63) is 24.5 Å². The zero-order chi connectivity index (χ0) is 18.8. The molecule has 2 aliphatic rings. The topological polar surface area (TPSA) is 94.0 Å². The van der Waals surface area contributed by atoms with Gasteiger partial charge >= 0.3 is 0 Å². The molecule has 1 aromatic heterocycles. The predicted octanol–water partition coefficient (Wildman–Crippen LogP) is 1.99. The van der Waals surface area contributed by atoms with Gasteiger partial charge in [-0.05, 0) is 54.2 Å². The molecule has 1 aromatic carbocycles. The Kier molecular flexibility index (Phi) is 5.15. The van der Waals surface area contributed by atoms with Gasteiger partial charge in [0.05, 0.1) is 13.0 Å². The Balaban J connectivity index is 1.41. The number of tetrazole rings is 1. The van der Waals surface area contributed by atoms with E-state index in [9.17, 15) is 4.79 Å². The number of hydrogen-bond donors (Lipinski definition) is 2. The Labute approximate surface area is 162 Å². The van der Waals surface area contributed by atoms with Gasteiger partial charge in [-0.3, -0.25) is 4.79 Å². The van der Waals surface area contributed by atoms with E-state index < -0.39 is 0 Å². The SMILES string of the molecule is COc1cc(NCC2CC3CC(Cl)CCC3NC2=O)ccc1-n1cnnn1. The van der Waals surface area contributed by atoms with Gasteiger partial charge in [0.15, 0.2) is 0 Å². The van der Waals surface area contributed by atoms with Crippen molar-refractivity contribution < 1.29 is 9.53 Å². The summed E-state index contributed by atoms with van der Waals surface area (Å²) in [6.45, 7) is 0.579. The normalized spacial score (nSPS) is 27.6. The zero-order valence-electron chi connectivity index (χ0n) is 15.1. The summed E-state index contributed by atoms with van der Waals surface area (Å²) in [5.41, 5.74) is 1.64. The summed E-state index contributed by atoms with van der Waals surface area (Å²) in [5.74, 6) is 1.20. The summed E-state index contributed by atoms with van der Waals surface area (Å²) >= 11 is 6.33. The van der Waals surface area contributed by atoms with Crippen molar-refractivity contribution in [3.8, 4) is 11.4 Å². The van der Waals surface area contributed by atoms with Gasteiger partial charge in [0.25, 0.3) is 0 Å². The van der Waals surface area contributed by atoms with Crippen LogP contribution < -0.4 is 15.4 Å². The van der Waals surface area contributed by atoms with Gasteiger partial charge in [0.2, 0.25) is 5.91 Å². The molecule has 1 aliphatic heterocycles. The number of anilines is 1. The van der Waals surface area contributed by atoms with Crippen LogP contribution >= 0.6 is 11.6 Å². The number of halogens is 1. The molecule has 4 unspecified atom stereocenters. The minimum atomic E-state index is -0.0570. The van der Waals surface area contributed by atoms with Crippen molar-refractivity contribution in [2.45, 2.75) is 37.1 Å². The number of aromatic nitrogens is 4. The highest BCUT2D eigenvalue weighted by Gasteiger charge is 2.38. The van der Waals surface area contributed by atoms with E-state index in [1.165, 1.54) is 6.33 Å². The molecule has 2 aromatic rings. The number of nitrogens with one attached hydrogen (secondary N) is 2. The first-order valence-corrected chi connectivity index (χ1v) is 9.67. The molecule has 1 amide bonds. The highest BCUT2D eigenvalue weighted by molar-refractivity contribution is 6.20. The third-order valence-corrected chi connectivity index (χ3v) is 5.93. The van der Waals surface area contributed by atoms with Crippen LogP contribution in [-0.2, 0) is 4.79 Å². The number of hydrogen-bond acceptors (Lipinski definition) is 6. The van der Waals surface area contributed by atoms with E-state index in [-0.39, 0.29) is 17.2 Å². The average molecular weight is 391 g/mol. The fourth-order valence-electron chi connectivity index (χ4n) is 4.10. The van der Waals surface area contributed by atoms with E-state index in [0.717, 1.165) is 37.1 Å². The number of methoxy groups -OCH3 is 1. The molecular formula is C18H23ClN6O2. The van der Waals surface area contributed by atoms with Crippen molar-refractivity contribution in [2.24, 2.45) is 11.8 Å². The minimum Gasteiger partial charge on any atom is -0.494 e. The Bertz CT molecular complexity index is 799. The first-order chi connectivity index (χ1) is 13.1. The van der Waals surface area contributed by atoms with Gasteiger partial charge in [-0.1, -0.05) is 0 Å². The zero-order valence-corrected chi connectivity index (χ0v) is 15.9. The van der Waals surface area contributed by atoms with Crippen molar-refractivity contribution in [3.63, 3.8) is 0 Å². The number of ether oxygens (including phenoxy) is 1. The largest absolute Gasteiger partial charge is 0.494 e. The monoisotopic (exact) mass is 390 g/mol. The molecule has 8 nitrogen and oxygen atoms in total. The molecular weight excluding hydrogens is 368 g/mol. The van der Waals surface area contributed by atoms with E-state index in [4.69, 9.17) is 16.3 Å². The van der Waals surface area contributed by atoms with Crippen molar-refractivity contribution in [1.29, 1.82) is 0 Å². The second kappa shape index (κ2) is 7.72. The predicted molar refractivity (Wildman–Crippen MR) is 101 cm³/mol. The molecule has 9 heteroatoms. The molecule has 2 heterocycles. The van der Waals surface area contributed by atoms with Gasteiger partial charge in [-0.25, -0.2) is 0 Å². The number of carbonyl (C=O) groups is 1. The Morgan fingerprint density at radius 3 is 3.04 bits per heavy atom. The van der Waals surface area contributed by atoms with Crippen molar-refractivity contribution >= 4 is 23.2 Å². The molecule has 4 rings (SSSR count). The maximum absolute atomic E-state index is 12.5. The van der Waals surface area contributed by atoms with E-state index in [2.05, 4.69) is 26.2 Å². The van der Waals surface area contributed by atoms with E-state index in [1.54, 1.807) is 11.8 Å². The molecule has 2 N–H and O–H groups in total. The summed E-state index contributed by atoms with van der Waals surface area (Å²) in [4.78, 5) is 12.5. The lowest BCUT2D eigenvalue weighted by Gasteiger charge is -2.41. The molecule has 1 saturated carbocycles. The van der Waals surface area contributed by atoms with E-state index >= 15 is 0 Å².